The summed E-state index contributed by atoms with van der Waals surface area (Å²) in [6.45, 7) is 8.25. The maximum absolute atomic E-state index is 11.8. The van der Waals surface area contributed by atoms with Crippen molar-refractivity contribution in [2.24, 2.45) is 5.41 Å². The van der Waals surface area contributed by atoms with Gasteiger partial charge in [0, 0.05) is 26.2 Å². The van der Waals surface area contributed by atoms with E-state index in [2.05, 4.69) is 19.2 Å². The zero-order valence-electron chi connectivity index (χ0n) is 8.88. The highest BCUT2D eigenvalue weighted by molar-refractivity contribution is 5.82. The topological polar surface area (TPSA) is 41.6 Å². The molecule has 2 aliphatic heterocycles. The number of amides is 1. The van der Waals surface area contributed by atoms with E-state index < -0.39 is 0 Å². The summed E-state index contributed by atoms with van der Waals surface area (Å²) < 4.78 is 5.41. The van der Waals surface area contributed by atoms with Crippen LogP contribution in [0.1, 0.15) is 13.8 Å². The van der Waals surface area contributed by atoms with Crippen molar-refractivity contribution in [2.75, 3.05) is 32.8 Å². The number of hydrogen-bond donors (Lipinski definition) is 1. The second kappa shape index (κ2) is 3.51. The molecule has 4 nitrogen and oxygen atoms in total. The Kier molecular flexibility index (Phi) is 2.49. The highest BCUT2D eigenvalue weighted by Crippen LogP contribution is 2.29. The molecule has 80 valence electrons. The summed E-state index contributed by atoms with van der Waals surface area (Å²) in [6.07, 6.45) is -0.250. The molecular formula is C10H18N2O2. The van der Waals surface area contributed by atoms with E-state index in [-0.39, 0.29) is 12.0 Å². The minimum Gasteiger partial charge on any atom is -0.366 e. The van der Waals surface area contributed by atoms with E-state index in [1.807, 2.05) is 4.90 Å². The monoisotopic (exact) mass is 198 g/mol. The second-order valence-electron chi connectivity index (χ2n) is 4.92. The summed E-state index contributed by atoms with van der Waals surface area (Å²) in [5.74, 6) is 0.150. The number of nitrogens with one attached hydrogen (secondary N) is 1. The fourth-order valence-electron chi connectivity index (χ4n) is 2.07. The molecule has 0 aliphatic carbocycles. The fraction of sp³-hybridized carbons (Fsp3) is 0.900. The Bertz CT molecular complexity index is 226. The number of nitrogens with zero attached hydrogens (tertiary/aromatic N) is 1. The summed E-state index contributed by atoms with van der Waals surface area (Å²) >= 11 is 0. The van der Waals surface area contributed by atoms with E-state index >= 15 is 0 Å². The van der Waals surface area contributed by atoms with Crippen LogP contribution < -0.4 is 5.32 Å². The Morgan fingerprint density at radius 1 is 1.50 bits per heavy atom. The van der Waals surface area contributed by atoms with E-state index in [1.165, 1.54) is 0 Å². The smallest absolute Gasteiger partial charge is 0.253 e. The molecule has 2 fully saturated rings. The van der Waals surface area contributed by atoms with Gasteiger partial charge in [-0.1, -0.05) is 13.8 Å². The Labute approximate surface area is 84.6 Å². The summed E-state index contributed by atoms with van der Waals surface area (Å²) in [5, 5.41) is 3.17. The highest BCUT2D eigenvalue weighted by atomic mass is 16.5. The number of morpholine rings is 1. The molecule has 0 spiro atoms. The van der Waals surface area contributed by atoms with Crippen LogP contribution in [0, 0.1) is 5.41 Å². The number of likely N-dealkylation sites (tertiary alicyclic amines) is 1. The van der Waals surface area contributed by atoms with Gasteiger partial charge in [0.15, 0.2) is 0 Å². The first-order valence-corrected chi connectivity index (χ1v) is 5.20. The van der Waals surface area contributed by atoms with Crippen molar-refractivity contribution in [1.82, 2.24) is 10.2 Å². The molecule has 1 atom stereocenters. The van der Waals surface area contributed by atoms with Crippen LogP contribution in [0.3, 0.4) is 0 Å². The maximum Gasteiger partial charge on any atom is 0.253 e. The molecule has 0 aromatic heterocycles. The lowest BCUT2D eigenvalue weighted by Gasteiger charge is -2.47. The zero-order chi connectivity index (χ0) is 10.2. The van der Waals surface area contributed by atoms with Gasteiger partial charge < -0.3 is 15.0 Å². The molecule has 2 rings (SSSR count). The van der Waals surface area contributed by atoms with Crippen LogP contribution in [0.4, 0.5) is 0 Å². The Morgan fingerprint density at radius 2 is 2.21 bits per heavy atom. The normalized spacial score (nSPS) is 31.0. The van der Waals surface area contributed by atoms with Crippen molar-refractivity contribution in [2.45, 2.75) is 20.0 Å². The Morgan fingerprint density at radius 3 is 2.71 bits per heavy atom. The molecule has 1 unspecified atom stereocenters. The van der Waals surface area contributed by atoms with Crippen molar-refractivity contribution < 1.29 is 9.53 Å². The van der Waals surface area contributed by atoms with Crippen LogP contribution in [0.15, 0.2) is 0 Å². The van der Waals surface area contributed by atoms with E-state index in [0.29, 0.717) is 18.6 Å². The summed E-state index contributed by atoms with van der Waals surface area (Å²) in [6, 6.07) is 0. The van der Waals surface area contributed by atoms with Crippen molar-refractivity contribution in [3.63, 3.8) is 0 Å². The van der Waals surface area contributed by atoms with Crippen LogP contribution in [0.25, 0.3) is 0 Å². The predicted molar refractivity (Wildman–Crippen MR) is 53.0 cm³/mol. The Balaban J connectivity index is 1.84. The van der Waals surface area contributed by atoms with Crippen molar-refractivity contribution in [3.05, 3.63) is 0 Å². The minimum absolute atomic E-state index is 0.150. The van der Waals surface area contributed by atoms with E-state index in [1.54, 1.807) is 0 Å². The fourth-order valence-corrected chi connectivity index (χ4v) is 2.07. The first-order chi connectivity index (χ1) is 6.58. The molecule has 0 aromatic carbocycles. The van der Waals surface area contributed by atoms with Crippen LogP contribution in [-0.2, 0) is 9.53 Å². The molecule has 0 radical (unpaired) electrons. The number of carbonyl (C=O) groups excluding carboxylic acids is 1. The summed E-state index contributed by atoms with van der Waals surface area (Å²) in [4.78, 5) is 13.7. The number of hydrogen-bond acceptors (Lipinski definition) is 3. The first kappa shape index (κ1) is 9.93. The Hall–Kier alpha value is -0.610. The second-order valence-corrected chi connectivity index (χ2v) is 4.92. The van der Waals surface area contributed by atoms with Gasteiger partial charge in [0.1, 0.15) is 6.10 Å². The van der Waals surface area contributed by atoms with Gasteiger partial charge in [-0.2, -0.15) is 0 Å². The molecule has 0 bridgehead atoms. The van der Waals surface area contributed by atoms with E-state index in [0.717, 1.165) is 19.6 Å². The van der Waals surface area contributed by atoms with Crippen LogP contribution in [-0.4, -0.2) is 49.7 Å². The van der Waals surface area contributed by atoms with Crippen LogP contribution >= 0.6 is 0 Å². The lowest BCUT2D eigenvalue weighted by atomic mass is 9.84. The van der Waals surface area contributed by atoms with Gasteiger partial charge >= 0.3 is 0 Å². The lowest BCUT2D eigenvalue weighted by molar-refractivity contribution is -0.155. The van der Waals surface area contributed by atoms with Crippen molar-refractivity contribution >= 4 is 5.91 Å². The number of carbonyl (C=O) groups is 1. The van der Waals surface area contributed by atoms with E-state index in [4.69, 9.17) is 4.74 Å². The number of ether oxygens (including phenoxy) is 1. The van der Waals surface area contributed by atoms with Gasteiger partial charge in [0.05, 0.1) is 6.61 Å². The van der Waals surface area contributed by atoms with E-state index in [9.17, 15) is 4.79 Å². The predicted octanol–water partition coefficient (Wildman–Crippen LogP) is -0.157. The van der Waals surface area contributed by atoms with Crippen LogP contribution in [0.2, 0.25) is 0 Å². The molecule has 14 heavy (non-hydrogen) atoms. The third-order valence-electron chi connectivity index (χ3n) is 2.75. The van der Waals surface area contributed by atoms with Gasteiger partial charge in [-0.3, -0.25) is 4.79 Å². The van der Waals surface area contributed by atoms with Crippen molar-refractivity contribution in [3.8, 4) is 0 Å². The first-order valence-electron chi connectivity index (χ1n) is 5.20. The van der Waals surface area contributed by atoms with Gasteiger partial charge in [-0.15, -0.1) is 0 Å². The zero-order valence-corrected chi connectivity index (χ0v) is 8.88. The molecule has 2 heterocycles. The SMILES string of the molecule is CC1(C)CN(C(=O)C2CNCCO2)C1. The van der Waals surface area contributed by atoms with Crippen LogP contribution in [0.5, 0.6) is 0 Å². The van der Waals surface area contributed by atoms with Gasteiger partial charge in [-0.25, -0.2) is 0 Å². The molecule has 2 aliphatic rings. The van der Waals surface area contributed by atoms with Gasteiger partial charge in [0.2, 0.25) is 0 Å². The summed E-state index contributed by atoms with van der Waals surface area (Å²) in [5.41, 5.74) is 0.303. The third kappa shape index (κ3) is 1.91. The standard InChI is InChI=1S/C10H18N2O2/c1-10(2)6-12(7-10)9(13)8-5-11-3-4-14-8/h8,11H,3-7H2,1-2H3. The van der Waals surface area contributed by atoms with Gasteiger partial charge in [-0.05, 0) is 5.41 Å². The third-order valence-corrected chi connectivity index (χ3v) is 2.75. The highest BCUT2D eigenvalue weighted by Gasteiger charge is 2.40. The lowest BCUT2D eigenvalue weighted by Crippen LogP contribution is -2.60. The average Bonchev–Trinajstić information content (AvgIpc) is 2.14. The molecule has 0 aromatic rings. The largest absolute Gasteiger partial charge is 0.366 e. The minimum atomic E-state index is -0.250. The molecule has 4 heteroatoms. The molecule has 1 N–H and O–H groups in total. The molecule has 0 saturated carbocycles. The quantitative estimate of drug-likeness (QED) is 0.637. The molecule has 1 amide bonds. The van der Waals surface area contributed by atoms with Gasteiger partial charge in [0.25, 0.3) is 5.91 Å². The molecule has 2 saturated heterocycles. The average molecular weight is 198 g/mol. The molecular weight excluding hydrogens is 180 g/mol. The maximum atomic E-state index is 11.8. The summed E-state index contributed by atoms with van der Waals surface area (Å²) in [7, 11) is 0. The number of rotatable bonds is 1. The van der Waals surface area contributed by atoms with Crippen molar-refractivity contribution in [1.29, 1.82) is 0 Å².